The second-order valence-corrected chi connectivity index (χ2v) is 10.9. The molecule has 2 fully saturated rings. The van der Waals surface area contributed by atoms with Gasteiger partial charge in [0, 0.05) is 69.1 Å². The van der Waals surface area contributed by atoms with Crippen LogP contribution in [0.1, 0.15) is 28.9 Å². The molecule has 1 atom stereocenters. The minimum Gasteiger partial charge on any atom is -0.384 e. The van der Waals surface area contributed by atoms with E-state index in [1.54, 1.807) is 11.1 Å². The zero-order chi connectivity index (χ0) is 26.8. The molecule has 8 nitrogen and oxygen atoms in total. The van der Waals surface area contributed by atoms with Crippen molar-refractivity contribution in [1.29, 1.82) is 0 Å². The summed E-state index contributed by atoms with van der Waals surface area (Å²) in [6.45, 7) is 5.91. The number of likely N-dealkylation sites (tertiary alicyclic amines) is 1. The fourth-order valence-corrected chi connectivity index (χ4v) is 5.84. The number of piperazine rings is 1. The standard InChI is InChI=1S/C31H36N6O2.3ClH/c1-35-14-16-36(17-15-35)27-10-12-33-29(20-27)31(39)37-13-3-5-25(21-37)30(38)34-26-6-2-4-22(19-26)23-7-8-28-24(18-23)9-11-32-28;;;/h2,4,6-8,10,12,18-20,25,32H,3,5,9,11,13-17,21H2,1H3,(H,34,38);3*1H/t25-;;;/m0.../s1. The first-order chi connectivity index (χ1) is 19.0. The lowest BCUT2D eigenvalue weighted by atomic mass is 9.96. The molecular weight excluding hydrogens is 595 g/mol. The van der Waals surface area contributed by atoms with Crippen LogP contribution < -0.4 is 15.5 Å². The van der Waals surface area contributed by atoms with E-state index in [9.17, 15) is 9.59 Å². The van der Waals surface area contributed by atoms with Crippen molar-refractivity contribution in [1.82, 2.24) is 14.8 Å². The van der Waals surface area contributed by atoms with E-state index in [1.807, 2.05) is 30.3 Å². The topological polar surface area (TPSA) is 80.8 Å². The predicted octanol–water partition coefficient (Wildman–Crippen LogP) is 5.22. The average molecular weight is 634 g/mol. The summed E-state index contributed by atoms with van der Waals surface area (Å²) in [5.41, 5.74) is 7.03. The summed E-state index contributed by atoms with van der Waals surface area (Å²) in [7, 11) is 2.13. The highest BCUT2D eigenvalue weighted by Crippen LogP contribution is 2.30. The Kier molecular flexibility index (Phi) is 11.9. The van der Waals surface area contributed by atoms with Gasteiger partial charge in [-0.05, 0) is 79.4 Å². The lowest BCUT2D eigenvalue weighted by Gasteiger charge is -2.34. The normalized spacial score (nSPS) is 18.0. The van der Waals surface area contributed by atoms with E-state index in [0.717, 1.165) is 74.5 Å². The first-order valence-corrected chi connectivity index (χ1v) is 14.0. The summed E-state index contributed by atoms with van der Waals surface area (Å²) >= 11 is 0. The van der Waals surface area contributed by atoms with E-state index >= 15 is 0 Å². The minimum absolute atomic E-state index is 0. The summed E-state index contributed by atoms with van der Waals surface area (Å²) in [5, 5.41) is 6.51. The lowest BCUT2D eigenvalue weighted by molar-refractivity contribution is -0.121. The van der Waals surface area contributed by atoms with Crippen LogP contribution in [0.3, 0.4) is 0 Å². The van der Waals surface area contributed by atoms with Crippen molar-refractivity contribution in [3.8, 4) is 11.1 Å². The van der Waals surface area contributed by atoms with Gasteiger partial charge in [0.05, 0.1) is 5.92 Å². The van der Waals surface area contributed by atoms with Crippen LogP contribution in [0, 0.1) is 5.92 Å². The molecule has 6 rings (SSSR count). The Hall–Kier alpha value is -3.04. The predicted molar refractivity (Wildman–Crippen MR) is 177 cm³/mol. The third-order valence-electron chi connectivity index (χ3n) is 8.19. The summed E-state index contributed by atoms with van der Waals surface area (Å²) in [4.78, 5) is 37.5. The fraction of sp³-hybridized carbons (Fsp3) is 0.387. The number of fused-ring (bicyclic) bond motifs is 1. The van der Waals surface area contributed by atoms with Gasteiger partial charge in [0.25, 0.3) is 5.91 Å². The van der Waals surface area contributed by atoms with Crippen molar-refractivity contribution in [3.05, 3.63) is 72.1 Å². The number of carbonyl (C=O) groups excluding carboxylic acids is 2. The van der Waals surface area contributed by atoms with Gasteiger partial charge in [-0.15, -0.1) is 37.2 Å². The number of carbonyl (C=O) groups is 2. The van der Waals surface area contributed by atoms with E-state index in [-0.39, 0.29) is 55.0 Å². The SMILES string of the molecule is CN1CCN(c2ccnc(C(=O)N3CCC[C@H](C(=O)Nc4cccc(-c5ccc6c(c5)CCN6)c4)C3)c2)CC1.Cl.Cl.Cl. The third kappa shape index (κ3) is 7.48. The van der Waals surface area contributed by atoms with Crippen molar-refractivity contribution >= 4 is 66.1 Å². The minimum atomic E-state index is -0.252. The number of likely N-dealkylation sites (N-methyl/N-ethyl adjacent to an activating group) is 1. The van der Waals surface area contributed by atoms with E-state index in [4.69, 9.17) is 0 Å². The van der Waals surface area contributed by atoms with Crippen molar-refractivity contribution in [2.75, 3.05) is 68.4 Å². The number of rotatable bonds is 5. The molecule has 0 unspecified atom stereocenters. The number of aromatic nitrogens is 1. The van der Waals surface area contributed by atoms with Crippen LogP contribution in [0.25, 0.3) is 11.1 Å². The smallest absolute Gasteiger partial charge is 0.272 e. The molecule has 3 aliphatic rings. The number of hydrogen-bond acceptors (Lipinski definition) is 6. The monoisotopic (exact) mass is 632 g/mol. The Bertz CT molecular complexity index is 1380. The fourth-order valence-electron chi connectivity index (χ4n) is 5.84. The number of amides is 2. The van der Waals surface area contributed by atoms with Crippen LogP contribution in [0.4, 0.5) is 17.1 Å². The molecule has 2 amide bonds. The Morgan fingerprint density at radius 2 is 1.71 bits per heavy atom. The highest BCUT2D eigenvalue weighted by molar-refractivity contribution is 5.96. The molecule has 0 bridgehead atoms. The summed E-state index contributed by atoms with van der Waals surface area (Å²) in [6, 6.07) is 18.4. The van der Waals surface area contributed by atoms with Crippen LogP contribution in [0.5, 0.6) is 0 Å². The van der Waals surface area contributed by atoms with Gasteiger partial charge in [0.15, 0.2) is 0 Å². The molecular formula is C31H39Cl3N6O2. The van der Waals surface area contributed by atoms with Gasteiger partial charge in [0.1, 0.15) is 5.69 Å². The maximum absolute atomic E-state index is 13.4. The average Bonchev–Trinajstić information content (AvgIpc) is 3.46. The Morgan fingerprint density at radius 3 is 2.52 bits per heavy atom. The zero-order valence-electron chi connectivity index (χ0n) is 23.8. The number of hydrogen-bond donors (Lipinski definition) is 2. The number of piperidine rings is 1. The molecule has 11 heteroatoms. The number of pyridine rings is 1. The quantitative estimate of drug-likeness (QED) is 0.401. The largest absolute Gasteiger partial charge is 0.384 e. The number of anilines is 3. The molecule has 2 aromatic carbocycles. The van der Waals surface area contributed by atoms with Crippen molar-refractivity contribution in [2.45, 2.75) is 19.3 Å². The molecule has 226 valence electrons. The molecule has 2 N–H and O–H groups in total. The summed E-state index contributed by atoms with van der Waals surface area (Å²) in [6.07, 6.45) is 4.32. The van der Waals surface area contributed by atoms with Gasteiger partial charge in [-0.1, -0.05) is 18.2 Å². The van der Waals surface area contributed by atoms with Crippen LogP contribution in [0.15, 0.2) is 60.8 Å². The number of benzene rings is 2. The summed E-state index contributed by atoms with van der Waals surface area (Å²) < 4.78 is 0. The highest BCUT2D eigenvalue weighted by Gasteiger charge is 2.30. The van der Waals surface area contributed by atoms with Crippen LogP contribution in [-0.4, -0.2) is 79.5 Å². The van der Waals surface area contributed by atoms with Crippen LogP contribution in [-0.2, 0) is 11.2 Å². The van der Waals surface area contributed by atoms with Crippen molar-refractivity contribution < 1.29 is 9.59 Å². The molecule has 0 aliphatic carbocycles. The molecule has 0 saturated carbocycles. The molecule has 1 aromatic heterocycles. The van der Waals surface area contributed by atoms with Gasteiger partial charge in [0.2, 0.25) is 5.91 Å². The number of halogens is 3. The molecule has 4 heterocycles. The first-order valence-electron chi connectivity index (χ1n) is 14.0. The second-order valence-electron chi connectivity index (χ2n) is 10.9. The van der Waals surface area contributed by atoms with E-state index in [0.29, 0.717) is 18.8 Å². The maximum Gasteiger partial charge on any atom is 0.272 e. The molecule has 42 heavy (non-hydrogen) atoms. The van der Waals surface area contributed by atoms with E-state index in [2.05, 4.69) is 56.7 Å². The first kappa shape index (κ1) is 33.5. The van der Waals surface area contributed by atoms with Crippen LogP contribution >= 0.6 is 37.2 Å². The van der Waals surface area contributed by atoms with Crippen LogP contribution in [0.2, 0.25) is 0 Å². The van der Waals surface area contributed by atoms with Gasteiger partial charge >= 0.3 is 0 Å². The van der Waals surface area contributed by atoms with E-state index in [1.165, 1.54) is 11.3 Å². The van der Waals surface area contributed by atoms with E-state index < -0.39 is 0 Å². The lowest BCUT2D eigenvalue weighted by Crippen LogP contribution is -2.45. The number of nitrogens with zero attached hydrogens (tertiary/aromatic N) is 4. The third-order valence-corrected chi connectivity index (χ3v) is 8.19. The van der Waals surface area contributed by atoms with Gasteiger partial charge in [-0.3, -0.25) is 14.6 Å². The second kappa shape index (κ2) is 14.9. The number of nitrogens with one attached hydrogen (secondary N) is 2. The van der Waals surface area contributed by atoms with Gasteiger partial charge in [-0.2, -0.15) is 0 Å². The Labute approximate surface area is 266 Å². The van der Waals surface area contributed by atoms with Crippen molar-refractivity contribution in [3.63, 3.8) is 0 Å². The molecule has 3 aromatic rings. The zero-order valence-corrected chi connectivity index (χ0v) is 26.2. The summed E-state index contributed by atoms with van der Waals surface area (Å²) in [5.74, 6) is -0.392. The Balaban J connectivity index is 0.00000161. The molecule has 3 aliphatic heterocycles. The van der Waals surface area contributed by atoms with Crippen molar-refractivity contribution in [2.24, 2.45) is 5.92 Å². The molecule has 0 spiro atoms. The van der Waals surface area contributed by atoms with Gasteiger partial charge in [-0.25, -0.2) is 0 Å². The molecule has 2 saturated heterocycles. The maximum atomic E-state index is 13.4. The highest BCUT2D eigenvalue weighted by atomic mass is 35.5. The molecule has 0 radical (unpaired) electrons. The van der Waals surface area contributed by atoms with Gasteiger partial charge < -0.3 is 25.3 Å². The Morgan fingerprint density at radius 1 is 0.929 bits per heavy atom.